The van der Waals surface area contributed by atoms with Crippen LogP contribution in [0.15, 0.2) is 42.5 Å². The molecule has 0 saturated heterocycles. The maximum atomic E-state index is 14.6. The molecular formula is C31H42FNO. The standard InChI is InChI=1S/C31H42FNO/c1-3-5-7-8-9-10-22-34-30-16-15-28(23-29(30)32)26-13-11-25(12-14-26)27-17-20-31(24-33,21-18-27)19-6-4-2/h11-16,23,27H,3-10,17-22H2,1-2H3/t27-,31-. The fraction of sp³-hybridized carbons (Fsp3) is 0.581. The van der Waals surface area contributed by atoms with E-state index in [1.165, 1.54) is 31.2 Å². The summed E-state index contributed by atoms with van der Waals surface area (Å²) in [7, 11) is 0. The number of rotatable bonds is 13. The number of halogens is 1. The Morgan fingerprint density at radius 3 is 2.18 bits per heavy atom. The van der Waals surface area contributed by atoms with E-state index in [2.05, 4.69) is 44.2 Å². The summed E-state index contributed by atoms with van der Waals surface area (Å²) < 4.78 is 20.3. The quantitative estimate of drug-likeness (QED) is 0.277. The van der Waals surface area contributed by atoms with Crippen molar-refractivity contribution < 1.29 is 9.13 Å². The Balaban J connectivity index is 1.52. The van der Waals surface area contributed by atoms with Crippen LogP contribution in [0.4, 0.5) is 4.39 Å². The van der Waals surface area contributed by atoms with Crippen molar-refractivity contribution in [1.29, 1.82) is 5.26 Å². The van der Waals surface area contributed by atoms with Crippen molar-refractivity contribution in [2.45, 2.75) is 103 Å². The second kappa shape index (κ2) is 13.5. The zero-order chi connectivity index (χ0) is 24.2. The molecule has 0 amide bonds. The van der Waals surface area contributed by atoms with Crippen LogP contribution in [-0.4, -0.2) is 6.61 Å². The van der Waals surface area contributed by atoms with Crippen molar-refractivity contribution in [2.75, 3.05) is 6.61 Å². The molecule has 1 saturated carbocycles. The summed E-state index contributed by atoms with van der Waals surface area (Å²) in [6.45, 7) is 4.99. The van der Waals surface area contributed by atoms with Gasteiger partial charge < -0.3 is 4.74 Å². The molecule has 0 bridgehead atoms. The molecule has 184 valence electrons. The van der Waals surface area contributed by atoms with E-state index < -0.39 is 0 Å². The molecule has 1 aliphatic rings. The van der Waals surface area contributed by atoms with Crippen LogP contribution in [0.2, 0.25) is 0 Å². The van der Waals surface area contributed by atoms with Crippen LogP contribution < -0.4 is 4.74 Å². The maximum Gasteiger partial charge on any atom is 0.165 e. The highest BCUT2D eigenvalue weighted by Crippen LogP contribution is 2.45. The summed E-state index contributed by atoms with van der Waals surface area (Å²) in [6, 6.07) is 16.5. The van der Waals surface area contributed by atoms with Crippen LogP contribution in [0.5, 0.6) is 5.75 Å². The summed E-state index contributed by atoms with van der Waals surface area (Å²) in [5.41, 5.74) is 3.13. The molecule has 0 unspecified atom stereocenters. The molecule has 0 N–H and O–H groups in total. The van der Waals surface area contributed by atoms with Gasteiger partial charge in [0.1, 0.15) is 0 Å². The van der Waals surface area contributed by atoms with Crippen molar-refractivity contribution in [3.63, 3.8) is 0 Å². The summed E-state index contributed by atoms with van der Waals surface area (Å²) in [6.07, 6.45) is 14.7. The number of ether oxygens (including phenoxy) is 1. The van der Waals surface area contributed by atoms with Gasteiger partial charge in [0.2, 0.25) is 0 Å². The molecule has 0 radical (unpaired) electrons. The van der Waals surface area contributed by atoms with Gasteiger partial charge in [-0.2, -0.15) is 5.26 Å². The van der Waals surface area contributed by atoms with Gasteiger partial charge in [-0.25, -0.2) is 4.39 Å². The zero-order valence-electron chi connectivity index (χ0n) is 21.3. The fourth-order valence-electron chi connectivity index (χ4n) is 5.25. The molecule has 0 aliphatic heterocycles. The molecule has 3 rings (SSSR count). The third-order valence-electron chi connectivity index (χ3n) is 7.59. The lowest BCUT2D eigenvalue weighted by molar-refractivity contribution is 0.224. The summed E-state index contributed by atoms with van der Waals surface area (Å²) >= 11 is 0. The fourth-order valence-corrected chi connectivity index (χ4v) is 5.25. The number of hydrogen-bond donors (Lipinski definition) is 0. The van der Waals surface area contributed by atoms with Crippen LogP contribution >= 0.6 is 0 Å². The summed E-state index contributed by atoms with van der Waals surface area (Å²) in [4.78, 5) is 0. The first-order valence-corrected chi connectivity index (χ1v) is 13.5. The van der Waals surface area contributed by atoms with Gasteiger partial charge in [0.15, 0.2) is 11.6 Å². The molecule has 3 heteroatoms. The van der Waals surface area contributed by atoms with Crippen LogP contribution in [0.1, 0.15) is 109 Å². The van der Waals surface area contributed by atoms with Gasteiger partial charge in [-0.05, 0) is 73.3 Å². The topological polar surface area (TPSA) is 33.0 Å². The predicted molar refractivity (Wildman–Crippen MR) is 139 cm³/mol. The highest BCUT2D eigenvalue weighted by Gasteiger charge is 2.35. The Morgan fingerprint density at radius 1 is 0.882 bits per heavy atom. The SMILES string of the molecule is CCCCCCCCOc1ccc(-c2ccc([C@H]3CC[C@@](C#N)(CCCC)CC3)cc2)cc1F. The molecule has 2 nitrogen and oxygen atoms in total. The normalized spacial score (nSPS) is 20.1. The van der Waals surface area contributed by atoms with Crippen molar-refractivity contribution in [3.05, 3.63) is 53.8 Å². The molecule has 0 heterocycles. The second-order valence-electron chi connectivity index (χ2n) is 10.2. The van der Waals surface area contributed by atoms with E-state index >= 15 is 0 Å². The monoisotopic (exact) mass is 463 g/mol. The van der Waals surface area contributed by atoms with Gasteiger partial charge in [-0.15, -0.1) is 0 Å². The molecule has 34 heavy (non-hydrogen) atoms. The minimum Gasteiger partial charge on any atom is -0.491 e. The van der Waals surface area contributed by atoms with Crippen molar-refractivity contribution >= 4 is 0 Å². The Labute approximate surface area is 206 Å². The maximum absolute atomic E-state index is 14.6. The first kappa shape index (κ1) is 26.3. The average Bonchev–Trinajstić information content (AvgIpc) is 2.88. The van der Waals surface area contributed by atoms with Crippen LogP contribution in [-0.2, 0) is 0 Å². The van der Waals surface area contributed by atoms with E-state index in [1.807, 2.05) is 6.07 Å². The molecule has 1 aliphatic carbocycles. The summed E-state index contributed by atoms with van der Waals surface area (Å²) in [5.74, 6) is 0.576. The first-order valence-electron chi connectivity index (χ1n) is 13.5. The third-order valence-corrected chi connectivity index (χ3v) is 7.59. The van der Waals surface area contributed by atoms with Crippen molar-refractivity contribution in [1.82, 2.24) is 0 Å². The molecule has 0 atom stereocenters. The molecule has 0 aromatic heterocycles. The van der Waals surface area contributed by atoms with Gasteiger partial charge in [0, 0.05) is 0 Å². The van der Waals surface area contributed by atoms with Gasteiger partial charge in [-0.3, -0.25) is 0 Å². The van der Waals surface area contributed by atoms with Gasteiger partial charge in [-0.1, -0.05) is 89.1 Å². The van der Waals surface area contributed by atoms with Crippen molar-refractivity contribution in [2.24, 2.45) is 5.41 Å². The van der Waals surface area contributed by atoms with Gasteiger partial charge in [0.25, 0.3) is 0 Å². The van der Waals surface area contributed by atoms with E-state index in [9.17, 15) is 9.65 Å². The number of unbranched alkanes of at least 4 members (excludes halogenated alkanes) is 6. The lowest BCUT2D eigenvalue weighted by Gasteiger charge is -2.35. The van der Waals surface area contributed by atoms with E-state index in [0.717, 1.165) is 68.9 Å². The number of benzene rings is 2. The minimum absolute atomic E-state index is 0.108. The molecular weight excluding hydrogens is 421 g/mol. The predicted octanol–water partition coefficient (Wildman–Crippen LogP) is 9.59. The zero-order valence-corrected chi connectivity index (χ0v) is 21.3. The van der Waals surface area contributed by atoms with Crippen LogP contribution in [0, 0.1) is 22.6 Å². The highest BCUT2D eigenvalue weighted by atomic mass is 19.1. The van der Waals surface area contributed by atoms with E-state index in [-0.39, 0.29) is 11.2 Å². The molecule has 1 fully saturated rings. The van der Waals surface area contributed by atoms with Gasteiger partial charge in [0.05, 0.1) is 18.1 Å². The van der Waals surface area contributed by atoms with E-state index in [4.69, 9.17) is 4.74 Å². The Morgan fingerprint density at radius 2 is 1.53 bits per heavy atom. The van der Waals surface area contributed by atoms with Crippen LogP contribution in [0.25, 0.3) is 11.1 Å². The van der Waals surface area contributed by atoms with Crippen molar-refractivity contribution in [3.8, 4) is 22.9 Å². The molecule has 0 spiro atoms. The molecule has 2 aromatic rings. The van der Waals surface area contributed by atoms with Gasteiger partial charge >= 0.3 is 0 Å². The highest BCUT2D eigenvalue weighted by molar-refractivity contribution is 5.64. The molecule has 2 aromatic carbocycles. The smallest absolute Gasteiger partial charge is 0.165 e. The Kier molecular flexibility index (Phi) is 10.4. The Hall–Kier alpha value is -2.34. The third kappa shape index (κ3) is 7.33. The van der Waals surface area contributed by atoms with Crippen LogP contribution in [0.3, 0.4) is 0 Å². The minimum atomic E-state index is -0.292. The first-order chi connectivity index (χ1) is 16.6. The Bertz CT molecular complexity index is 906. The number of nitriles is 1. The lowest BCUT2D eigenvalue weighted by atomic mass is 9.67. The van der Waals surface area contributed by atoms with E-state index in [1.54, 1.807) is 12.1 Å². The van der Waals surface area contributed by atoms with E-state index in [0.29, 0.717) is 18.3 Å². The average molecular weight is 464 g/mol. The lowest BCUT2D eigenvalue weighted by Crippen LogP contribution is -2.25. The largest absolute Gasteiger partial charge is 0.491 e. The summed E-state index contributed by atoms with van der Waals surface area (Å²) in [5, 5.41) is 9.74. The number of hydrogen-bond acceptors (Lipinski definition) is 2. The second-order valence-corrected chi connectivity index (χ2v) is 10.2. The number of nitrogens with zero attached hydrogens (tertiary/aromatic N) is 1.